The van der Waals surface area contributed by atoms with Crippen molar-refractivity contribution >= 4 is 5.91 Å². The number of hydrogen-bond acceptors (Lipinski definition) is 3. The molecule has 0 saturated heterocycles. The zero-order valence-corrected chi connectivity index (χ0v) is 10.4. The zero-order chi connectivity index (χ0) is 12.8. The predicted octanol–water partition coefficient (Wildman–Crippen LogP) is 2.29. The van der Waals surface area contributed by atoms with E-state index in [-0.39, 0.29) is 17.7 Å². The monoisotopic (exact) mass is 244 g/mol. The average molecular weight is 244 g/mol. The maximum atomic E-state index is 12.3. The number of hydrogen-bond donors (Lipinski definition) is 0. The van der Waals surface area contributed by atoms with Crippen LogP contribution in [0, 0.1) is 17.2 Å². The van der Waals surface area contributed by atoms with Crippen LogP contribution in [0.5, 0.6) is 0 Å². The SMILES string of the molecule is CN(C(=O)C1CC1c1ccco1)C1(C#N)CCC1. The molecule has 1 amide bonds. The number of carbonyl (C=O) groups excluding carboxylic acids is 1. The summed E-state index contributed by atoms with van der Waals surface area (Å²) in [6.07, 6.45) is 5.14. The Balaban J connectivity index is 1.68. The van der Waals surface area contributed by atoms with E-state index in [9.17, 15) is 10.1 Å². The maximum Gasteiger partial charge on any atom is 0.227 e. The zero-order valence-electron chi connectivity index (χ0n) is 10.4. The van der Waals surface area contributed by atoms with Gasteiger partial charge < -0.3 is 9.32 Å². The first-order valence-corrected chi connectivity index (χ1v) is 6.40. The Morgan fingerprint density at radius 1 is 1.61 bits per heavy atom. The van der Waals surface area contributed by atoms with E-state index in [1.807, 2.05) is 12.1 Å². The fourth-order valence-electron chi connectivity index (χ4n) is 2.78. The van der Waals surface area contributed by atoms with Gasteiger partial charge in [-0.25, -0.2) is 0 Å². The molecule has 0 bridgehead atoms. The Kier molecular flexibility index (Phi) is 2.44. The number of nitriles is 1. The van der Waals surface area contributed by atoms with Gasteiger partial charge in [-0.2, -0.15) is 5.26 Å². The van der Waals surface area contributed by atoms with Crippen LogP contribution < -0.4 is 0 Å². The molecule has 1 aromatic heterocycles. The molecule has 1 aromatic rings. The van der Waals surface area contributed by atoms with Gasteiger partial charge in [-0.05, 0) is 37.8 Å². The smallest absolute Gasteiger partial charge is 0.227 e. The van der Waals surface area contributed by atoms with Crippen LogP contribution in [0.1, 0.15) is 37.4 Å². The van der Waals surface area contributed by atoms with Crippen molar-refractivity contribution in [3.8, 4) is 6.07 Å². The lowest BCUT2D eigenvalue weighted by atomic mass is 9.76. The summed E-state index contributed by atoms with van der Waals surface area (Å²) in [5.41, 5.74) is -0.534. The summed E-state index contributed by atoms with van der Waals surface area (Å²) in [5, 5.41) is 9.25. The highest BCUT2D eigenvalue weighted by molar-refractivity contribution is 5.83. The Morgan fingerprint density at radius 2 is 2.39 bits per heavy atom. The largest absolute Gasteiger partial charge is 0.469 e. The van der Waals surface area contributed by atoms with Gasteiger partial charge in [-0.15, -0.1) is 0 Å². The van der Waals surface area contributed by atoms with Crippen molar-refractivity contribution in [3.63, 3.8) is 0 Å². The Bertz CT molecular complexity index is 496. The summed E-state index contributed by atoms with van der Waals surface area (Å²) in [4.78, 5) is 14.0. The average Bonchev–Trinajstić information content (AvgIpc) is 2.93. The van der Waals surface area contributed by atoms with Crippen molar-refractivity contribution in [3.05, 3.63) is 24.2 Å². The van der Waals surface area contributed by atoms with Gasteiger partial charge in [-0.3, -0.25) is 4.79 Å². The normalized spacial score (nSPS) is 28.0. The fraction of sp³-hybridized carbons (Fsp3) is 0.571. The topological polar surface area (TPSA) is 57.2 Å². The van der Waals surface area contributed by atoms with Gasteiger partial charge in [0.25, 0.3) is 0 Å². The number of nitrogens with zero attached hydrogens (tertiary/aromatic N) is 2. The Labute approximate surface area is 106 Å². The first-order chi connectivity index (χ1) is 8.68. The fourth-order valence-corrected chi connectivity index (χ4v) is 2.78. The van der Waals surface area contributed by atoms with Crippen molar-refractivity contribution in [2.24, 2.45) is 5.92 Å². The van der Waals surface area contributed by atoms with E-state index in [1.165, 1.54) is 0 Å². The molecule has 18 heavy (non-hydrogen) atoms. The van der Waals surface area contributed by atoms with Crippen molar-refractivity contribution in [2.75, 3.05) is 7.05 Å². The van der Waals surface area contributed by atoms with E-state index < -0.39 is 5.54 Å². The van der Waals surface area contributed by atoms with E-state index in [1.54, 1.807) is 18.2 Å². The van der Waals surface area contributed by atoms with Gasteiger partial charge in [0.2, 0.25) is 5.91 Å². The minimum absolute atomic E-state index is 0.00646. The van der Waals surface area contributed by atoms with E-state index in [0.717, 1.165) is 31.4 Å². The summed E-state index contributed by atoms with van der Waals surface area (Å²) in [7, 11) is 1.77. The molecule has 4 nitrogen and oxygen atoms in total. The van der Waals surface area contributed by atoms with Crippen LogP contribution in [0.2, 0.25) is 0 Å². The molecule has 2 atom stereocenters. The van der Waals surface area contributed by atoms with Crippen LogP contribution in [0.15, 0.2) is 22.8 Å². The predicted molar refractivity (Wildman–Crippen MR) is 64.5 cm³/mol. The molecule has 3 rings (SSSR count). The quantitative estimate of drug-likeness (QED) is 0.819. The maximum absolute atomic E-state index is 12.3. The van der Waals surface area contributed by atoms with E-state index in [4.69, 9.17) is 4.42 Å². The molecule has 2 saturated carbocycles. The molecule has 0 aromatic carbocycles. The molecule has 0 aliphatic heterocycles. The second-order valence-electron chi connectivity index (χ2n) is 5.36. The summed E-state index contributed by atoms with van der Waals surface area (Å²) >= 11 is 0. The standard InChI is InChI=1S/C14H16N2O2/c1-16(14(9-15)5-3-6-14)13(17)11-8-10(11)12-4-2-7-18-12/h2,4,7,10-11H,3,5-6,8H2,1H3. The molecule has 0 radical (unpaired) electrons. The van der Waals surface area contributed by atoms with Crippen LogP contribution in [0.4, 0.5) is 0 Å². The summed E-state index contributed by atoms with van der Waals surface area (Å²) < 4.78 is 5.33. The first-order valence-electron chi connectivity index (χ1n) is 6.40. The van der Waals surface area contributed by atoms with Crippen molar-refractivity contribution in [2.45, 2.75) is 37.1 Å². The Morgan fingerprint density at radius 3 is 2.89 bits per heavy atom. The summed E-state index contributed by atoms with van der Waals surface area (Å²) in [6, 6.07) is 6.08. The van der Waals surface area contributed by atoms with Crippen LogP contribution in [0.3, 0.4) is 0 Å². The van der Waals surface area contributed by atoms with Crippen molar-refractivity contribution < 1.29 is 9.21 Å². The molecule has 1 heterocycles. The van der Waals surface area contributed by atoms with Gasteiger partial charge in [0.1, 0.15) is 11.3 Å². The van der Waals surface area contributed by atoms with Crippen LogP contribution in [0.25, 0.3) is 0 Å². The van der Waals surface area contributed by atoms with Crippen molar-refractivity contribution in [1.29, 1.82) is 5.26 Å². The van der Waals surface area contributed by atoms with Crippen molar-refractivity contribution in [1.82, 2.24) is 4.90 Å². The number of carbonyl (C=O) groups is 1. The first kappa shape index (κ1) is 11.3. The molecule has 4 heteroatoms. The van der Waals surface area contributed by atoms with E-state index in [0.29, 0.717) is 0 Å². The second kappa shape index (κ2) is 3.88. The molecule has 2 aliphatic carbocycles. The van der Waals surface area contributed by atoms with Gasteiger partial charge in [0.05, 0.1) is 12.3 Å². The molecule has 2 aliphatic rings. The van der Waals surface area contributed by atoms with Gasteiger partial charge >= 0.3 is 0 Å². The van der Waals surface area contributed by atoms with E-state index >= 15 is 0 Å². The molecular weight excluding hydrogens is 228 g/mol. The van der Waals surface area contributed by atoms with Crippen LogP contribution in [-0.4, -0.2) is 23.4 Å². The third-order valence-electron chi connectivity index (χ3n) is 4.38. The third kappa shape index (κ3) is 1.54. The highest BCUT2D eigenvalue weighted by Gasteiger charge is 2.52. The van der Waals surface area contributed by atoms with E-state index in [2.05, 4.69) is 6.07 Å². The molecule has 94 valence electrons. The summed E-state index contributed by atoms with van der Waals surface area (Å²) in [5.74, 6) is 1.21. The lowest BCUT2D eigenvalue weighted by molar-refractivity contribution is -0.137. The molecule has 2 fully saturated rings. The molecule has 0 spiro atoms. The molecule has 2 unspecified atom stereocenters. The minimum atomic E-state index is -0.534. The number of rotatable bonds is 3. The minimum Gasteiger partial charge on any atom is -0.469 e. The number of furan rings is 1. The highest BCUT2D eigenvalue weighted by Crippen LogP contribution is 2.50. The molecular formula is C14H16N2O2. The van der Waals surface area contributed by atoms with Gasteiger partial charge in [0, 0.05) is 18.9 Å². The lowest BCUT2D eigenvalue weighted by Gasteiger charge is -2.43. The third-order valence-corrected chi connectivity index (χ3v) is 4.38. The Hall–Kier alpha value is -1.76. The molecule has 0 N–H and O–H groups in total. The highest BCUT2D eigenvalue weighted by atomic mass is 16.3. The van der Waals surface area contributed by atoms with Gasteiger partial charge in [-0.1, -0.05) is 0 Å². The van der Waals surface area contributed by atoms with Crippen LogP contribution in [-0.2, 0) is 4.79 Å². The number of amides is 1. The lowest BCUT2D eigenvalue weighted by Crippen LogP contribution is -2.53. The van der Waals surface area contributed by atoms with Gasteiger partial charge in [0.15, 0.2) is 0 Å². The summed E-state index contributed by atoms with van der Waals surface area (Å²) in [6.45, 7) is 0. The second-order valence-corrected chi connectivity index (χ2v) is 5.36. The van der Waals surface area contributed by atoms with Crippen LogP contribution >= 0.6 is 0 Å².